The van der Waals surface area contributed by atoms with Crippen molar-refractivity contribution in [1.29, 1.82) is 0 Å². The van der Waals surface area contributed by atoms with Crippen molar-refractivity contribution in [3.05, 3.63) is 65.2 Å². The zero-order chi connectivity index (χ0) is 21.2. The van der Waals surface area contributed by atoms with Gasteiger partial charge in [0, 0.05) is 6.04 Å². The van der Waals surface area contributed by atoms with E-state index in [4.69, 9.17) is 4.74 Å². The van der Waals surface area contributed by atoms with Crippen LogP contribution in [-0.2, 0) is 16.2 Å². The molecule has 0 spiro atoms. The minimum Gasteiger partial charge on any atom is -0.488 e. The molecule has 0 aliphatic heterocycles. The Labute approximate surface area is 168 Å². The van der Waals surface area contributed by atoms with Gasteiger partial charge in [0.2, 0.25) is 0 Å². The van der Waals surface area contributed by atoms with Gasteiger partial charge in [0.25, 0.3) is 0 Å². The largest absolute Gasteiger partial charge is 0.488 e. The highest BCUT2D eigenvalue weighted by Crippen LogP contribution is 2.21. The minimum absolute atomic E-state index is 0.0364. The summed E-state index contributed by atoms with van der Waals surface area (Å²) >= 11 is 0. The van der Waals surface area contributed by atoms with E-state index in [2.05, 4.69) is 15.8 Å². The van der Waals surface area contributed by atoms with Crippen molar-refractivity contribution < 1.29 is 24.2 Å². The number of carbonyl (C=O) groups excluding carboxylic acids is 2. The van der Waals surface area contributed by atoms with Crippen LogP contribution in [0.15, 0.2) is 53.6 Å². The van der Waals surface area contributed by atoms with Gasteiger partial charge in [-0.15, -0.1) is 0 Å². The third kappa shape index (κ3) is 6.76. The van der Waals surface area contributed by atoms with E-state index in [1.807, 2.05) is 37.3 Å². The van der Waals surface area contributed by atoms with Crippen LogP contribution in [0.5, 0.6) is 5.75 Å². The lowest BCUT2D eigenvalue weighted by Crippen LogP contribution is -2.41. The fraction of sp³-hybridized carbons (Fsp3) is 0.238. The van der Waals surface area contributed by atoms with Crippen LogP contribution in [0.1, 0.15) is 41.8 Å². The average Bonchev–Trinajstić information content (AvgIpc) is 2.73. The molecule has 0 heterocycles. The second-order valence-electron chi connectivity index (χ2n) is 6.32. The first kappa shape index (κ1) is 21.6. The Kier molecular flexibility index (Phi) is 7.90. The SMILES string of the molecule is CC[C@H](C)NC(=O)C(=O)N/N=C\c1ccc(OCc2ccccc2)c(C(=O)O)c1. The fourth-order valence-corrected chi connectivity index (χ4v) is 2.26. The van der Waals surface area contributed by atoms with E-state index in [1.165, 1.54) is 18.3 Å². The maximum Gasteiger partial charge on any atom is 0.339 e. The van der Waals surface area contributed by atoms with E-state index >= 15 is 0 Å². The number of nitrogens with one attached hydrogen (secondary N) is 2. The molecule has 1 atom stereocenters. The number of nitrogens with zero attached hydrogens (tertiary/aromatic N) is 1. The van der Waals surface area contributed by atoms with Gasteiger partial charge in [0.1, 0.15) is 17.9 Å². The monoisotopic (exact) mass is 397 g/mol. The number of hydrogen-bond donors (Lipinski definition) is 3. The summed E-state index contributed by atoms with van der Waals surface area (Å²) < 4.78 is 5.61. The Bertz CT molecular complexity index is 896. The van der Waals surface area contributed by atoms with Crippen LogP contribution >= 0.6 is 0 Å². The third-order valence-electron chi connectivity index (χ3n) is 4.05. The lowest BCUT2D eigenvalue weighted by atomic mass is 10.1. The summed E-state index contributed by atoms with van der Waals surface area (Å²) in [7, 11) is 0. The summed E-state index contributed by atoms with van der Waals surface area (Å²) in [5, 5.41) is 15.7. The van der Waals surface area contributed by atoms with E-state index in [-0.39, 0.29) is 24.0 Å². The number of carboxylic acids is 1. The predicted molar refractivity (Wildman–Crippen MR) is 108 cm³/mol. The summed E-state index contributed by atoms with van der Waals surface area (Å²) in [6.45, 7) is 3.90. The molecule has 2 rings (SSSR count). The van der Waals surface area contributed by atoms with E-state index in [1.54, 1.807) is 13.0 Å². The molecule has 0 saturated carbocycles. The van der Waals surface area contributed by atoms with Crippen LogP contribution in [-0.4, -0.2) is 35.1 Å². The Hall–Kier alpha value is -3.68. The molecule has 0 radical (unpaired) electrons. The van der Waals surface area contributed by atoms with Gasteiger partial charge in [-0.25, -0.2) is 10.2 Å². The van der Waals surface area contributed by atoms with E-state index in [9.17, 15) is 19.5 Å². The maximum atomic E-state index is 11.7. The van der Waals surface area contributed by atoms with E-state index < -0.39 is 17.8 Å². The van der Waals surface area contributed by atoms with Gasteiger partial charge in [-0.3, -0.25) is 9.59 Å². The van der Waals surface area contributed by atoms with Crippen molar-refractivity contribution in [1.82, 2.24) is 10.7 Å². The summed E-state index contributed by atoms with van der Waals surface area (Å²) in [6.07, 6.45) is 1.95. The molecule has 0 bridgehead atoms. The smallest absolute Gasteiger partial charge is 0.339 e. The molecule has 8 nitrogen and oxygen atoms in total. The van der Waals surface area contributed by atoms with Crippen molar-refractivity contribution in [2.45, 2.75) is 32.9 Å². The number of carboxylic acid groups (broad SMARTS) is 1. The van der Waals surface area contributed by atoms with Gasteiger partial charge < -0.3 is 15.2 Å². The zero-order valence-electron chi connectivity index (χ0n) is 16.2. The molecule has 0 saturated heterocycles. The summed E-state index contributed by atoms with van der Waals surface area (Å²) in [5.74, 6) is -2.62. The molecule has 0 aromatic heterocycles. The highest BCUT2D eigenvalue weighted by Gasteiger charge is 2.15. The van der Waals surface area contributed by atoms with Gasteiger partial charge in [-0.05, 0) is 42.7 Å². The summed E-state index contributed by atoms with van der Waals surface area (Å²) in [4.78, 5) is 34.9. The van der Waals surface area contributed by atoms with Gasteiger partial charge in [-0.1, -0.05) is 37.3 Å². The first-order valence-electron chi connectivity index (χ1n) is 9.08. The standard InChI is InChI=1S/C21H23N3O5/c1-3-14(2)23-19(25)20(26)24-22-12-16-9-10-18(17(11-16)21(27)28)29-13-15-7-5-4-6-8-15/h4-12,14H,3,13H2,1-2H3,(H,23,25)(H,24,26)(H,27,28)/b22-12-/t14-/m0/s1. The molecule has 2 aromatic rings. The van der Waals surface area contributed by atoms with Crippen molar-refractivity contribution in [2.75, 3.05) is 0 Å². The molecule has 3 N–H and O–H groups in total. The van der Waals surface area contributed by atoms with Crippen molar-refractivity contribution >= 4 is 24.0 Å². The molecule has 0 aliphatic rings. The highest BCUT2D eigenvalue weighted by atomic mass is 16.5. The van der Waals surface area contributed by atoms with Gasteiger partial charge in [0.05, 0.1) is 6.21 Å². The number of hydrogen-bond acceptors (Lipinski definition) is 5. The maximum absolute atomic E-state index is 11.7. The van der Waals surface area contributed by atoms with Crippen LogP contribution in [0, 0.1) is 0 Å². The first-order chi connectivity index (χ1) is 13.9. The molecule has 0 aliphatic carbocycles. The van der Waals surface area contributed by atoms with Crippen LogP contribution in [0.4, 0.5) is 0 Å². The topological polar surface area (TPSA) is 117 Å². The molecule has 29 heavy (non-hydrogen) atoms. The van der Waals surface area contributed by atoms with Gasteiger partial charge in [-0.2, -0.15) is 5.10 Å². The van der Waals surface area contributed by atoms with Crippen LogP contribution in [0.25, 0.3) is 0 Å². The Balaban J connectivity index is 2.01. The zero-order valence-corrected chi connectivity index (χ0v) is 16.2. The second-order valence-corrected chi connectivity index (χ2v) is 6.32. The Morgan fingerprint density at radius 2 is 1.86 bits per heavy atom. The van der Waals surface area contributed by atoms with Crippen molar-refractivity contribution in [3.63, 3.8) is 0 Å². The second kappa shape index (κ2) is 10.6. The molecule has 0 fully saturated rings. The summed E-state index contributed by atoms with van der Waals surface area (Å²) in [6, 6.07) is 13.7. The minimum atomic E-state index is -1.15. The first-order valence-corrected chi connectivity index (χ1v) is 9.08. The Morgan fingerprint density at radius 3 is 2.52 bits per heavy atom. The molecule has 0 unspecified atom stereocenters. The molecular formula is C21H23N3O5. The molecule has 152 valence electrons. The van der Waals surface area contributed by atoms with Crippen LogP contribution in [0.2, 0.25) is 0 Å². The number of benzene rings is 2. The summed E-state index contributed by atoms with van der Waals surface area (Å²) in [5.41, 5.74) is 3.41. The average molecular weight is 397 g/mol. The normalized spacial score (nSPS) is 11.7. The molecular weight excluding hydrogens is 374 g/mol. The fourth-order valence-electron chi connectivity index (χ4n) is 2.26. The molecule has 8 heteroatoms. The van der Waals surface area contributed by atoms with Gasteiger partial charge >= 0.3 is 17.8 Å². The number of carbonyl (C=O) groups is 3. The molecule has 2 amide bonds. The van der Waals surface area contributed by atoms with Crippen LogP contribution < -0.4 is 15.5 Å². The van der Waals surface area contributed by atoms with E-state index in [0.29, 0.717) is 12.0 Å². The third-order valence-corrected chi connectivity index (χ3v) is 4.05. The predicted octanol–water partition coefficient (Wildman–Crippen LogP) is 2.33. The Morgan fingerprint density at radius 1 is 1.14 bits per heavy atom. The van der Waals surface area contributed by atoms with Crippen molar-refractivity contribution in [3.8, 4) is 5.75 Å². The van der Waals surface area contributed by atoms with Crippen molar-refractivity contribution in [2.24, 2.45) is 5.10 Å². The number of aromatic carboxylic acids is 1. The molecule has 2 aromatic carbocycles. The number of amides is 2. The number of rotatable bonds is 8. The lowest BCUT2D eigenvalue weighted by molar-refractivity contribution is -0.139. The quantitative estimate of drug-likeness (QED) is 0.359. The number of ether oxygens (including phenoxy) is 1. The van der Waals surface area contributed by atoms with Gasteiger partial charge in [0.15, 0.2) is 0 Å². The number of hydrazone groups is 1. The van der Waals surface area contributed by atoms with E-state index in [0.717, 1.165) is 5.56 Å². The lowest BCUT2D eigenvalue weighted by Gasteiger charge is -2.10. The van der Waals surface area contributed by atoms with Crippen LogP contribution in [0.3, 0.4) is 0 Å². The highest BCUT2D eigenvalue weighted by molar-refractivity contribution is 6.35.